The Morgan fingerprint density at radius 2 is 2.32 bits per heavy atom. The molecule has 1 unspecified atom stereocenters. The van der Waals surface area contributed by atoms with Crippen LogP contribution in [0.25, 0.3) is 10.6 Å². The number of aromatic nitrogens is 2. The highest BCUT2D eigenvalue weighted by atomic mass is 32.2. The van der Waals surface area contributed by atoms with Crippen molar-refractivity contribution < 1.29 is 4.79 Å². The second-order valence-corrected chi connectivity index (χ2v) is 6.76. The Morgan fingerprint density at radius 3 is 3.00 bits per heavy atom. The van der Waals surface area contributed by atoms with E-state index in [0.29, 0.717) is 5.56 Å². The molecular formula is C15H16N4OS2. The van der Waals surface area contributed by atoms with Gasteiger partial charge in [-0.2, -0.15) is 17.0 Å². The van der Waals surface area contributed by atoms with Crippen molar-refractivity contribution in [1.29, 1.82) is 5.26 Å². The molecule has 0 aliphatic rings. The molecule has 0 aliphatic carbocycles. The minimum absolute atomic E-state index is 0.00319. The summed E-state index contributed by atoms with van der Waals surface area (Å²) < 4.78 is 0. The molecule has 0 radical (unpaired) electrons. The predicted molar refractivity (Wildman–Crippen MR) is 91.0 cm³/mol. The van der Waals surface area contributed by atoms with Crippen molar-refractivity contribution in [3.8, 4) is 16.6 Å². The van der Waals surface area contributed by atoms with Gasteiger partial charge in [-0.3, -0.25) is 9.78 Å². The molecule has 1 atom stereocenters. The zero-order valence-corrected chi connectivity index (χ0v) is 14.2. The smallest absolute Gasteiger partial charge is 0.228 e. The van der Waals surface area contributed by atoms with Crippen molar-refractivity contribution in [3.05, 3.63) is 29.7 Å². The van der Waals surface area contributed by atoms with Crippen molar-refractivity contribution in [2.24, 2.45) is 5.92 Å². The molecule has 0 aromatic carbocycles. The van der Waals surface area contributed by atoms with E-state index in [1.165, 1.54) is 17.5 Å². The summed E-state index contributed by atoms with van der Waals surface area (Å²) in [7, 11) is 0. The predicted octanol–water partition coefficient (Wildman–Crippen LogP) is 3.32. The van der Waals surface area contributed by atoms with Gasteiger partial charge < -0.3 is 5.32 Å². The van der Waals surface area contributed by atoms with Crippen LogP contribution < -0.4 is 5.32 Å². The summed E-state index contributed by atoms with van der Waals surface area (Å²) in [6, 6.07) is 3.81. The first-order chi connectivity index (χ1) is 10.5. The third kappa shape index (κ3) is 3.84. The standard InChI is InChI=1S/C15H16N4OS2/c1-9(8-21-3)13(20)19-14-10(2)18-15(22-14)12-4-11(5-16)6-17-7-12/h4,6-7,9H,8H2,1-3H3,(H,19,20). The molecule has 2 aromatic rings. The van der Waals surface area contributed by atoms with E-state index in [-0.39, 0.29) is 11.8 Å². The zero-order chi connectivity index (χ0) is 16.1. The number of carbonyl (C=O) groups excluding carboxylic acids is 1. The van der Waals surface area contributed by atoms with Crippen molar-refractivity contribution in [2.45, 2.75) is 13.8 Å². The molecule has 0 fully saturated rings. The van der Waals surface area contributed by atoms with Gasteiger partial charge in [0.25, 0.3) is 0 Å². The van der Waals surface area contributed by atoms with Gasteiger partial charge in [-0.05, 0) is 19.2 Å². The van der Waals surface area contributed by atoms with E-state index >= 15 is 0 Å². The Morgan fingerprint density at radius 1 is 1.55 bits per heavy atom. The van der Waals surface area contributed by atoms with Crippen LogP contribution in [0.4, 0.5) is 5.00 Å². The van der Waals surface area contributed by atoms with Crippen LogP contribution in [0, 0.1) is 24.2 Å². The SMILES string of the molecule is CSCC(C)C(=O)Nc1sc(-c2cncc(C#N)c2)nc1C. The maximum Gasteiger partial charge on any atom is 0.228 e. The normalized spacial score (nSPS) is 11.7. The van der Waals surface area contributed by atoms with Crippen molar-refractivity contribution in [3.63, 3.8) is 0 Å². The zero-order valence-electron chi connectivity index (χ0n) is 12.6. The molecule has 0 bridgehead atoms. The molecule has 2 aromatic heterocycles. The molecule has 7 heteroatoms. The van der Waals surface area contributed by atoms with Gasteiger partial charge in [-0.1, -0.05) is 18.3 Å². The number of aryl methyl sites for hydroxylation is 1. The Kier molecular flexibility index (Phi) is 5.52. The number of hydrogen-bond donors (Lipinski definition) is 1. The van der Waals surface area contributed by atoms with Gasteiger partial charge in [0, 0.05) is 29.6 Å². The fourth-order valence-electron chi connectivity index (χ4n) is 1.81. The van der Waals surface area contributed by atoms with Gasteiger partial charge in [-0.25, -0.2) is 4.98 Å². The highest BCUT2D eigenvalue weighted by molar-refractivity contribution is 7.98. The fraction of sp³-hybridized carbons (Fsp3) is 0.333. The molecular weight excluding hydrogens is 316 g/mol. The molecule has 0 saturated heterocycles. The monoisotopic (exact) mass is 332 g/mol. The number of rotatable bonds is 5. The Labute approximate surface area is 137 Å². The first-order valence-electron chi connectivity index (χ1n) is 6.68. The van der Waals surface area contributed by atoms with E-state index in [9.17, 15) is 4.79 Å². The van der Waals surface area contributed by atoms with Crippen LogP contribution >= 0.6 is 23.1 Å². The van der Waals surface area contributed by atoms with Gasteiger partial charge in [0.1, 0.15) is 16.1 Å². The van der Waals surface area contributed by atoms with Crippen molar-refractivity contribution >= 4 is 34.0 Å². The second-order valence-electron chi connectivity index (χ2n) is 4.85. The second kappa shape index (κ2) is 7.38. The average molecular weight is 332 g/mol. The molecule has 0 aliphatic heterocycles. The molecule has 1 N–H and O–H groups in total. The molecule has 5 nitrogen and oxygen atoms in total. The number of anilines is 1. The Hall–Kier alpha value is -1.91. The van der Waals surface area contributed by atoms with Gasteiger partial charge >= 0.3 is 0 Å². The maximum atomic E-state index is 12.1. The van der Waals surface area contributed by atoms with Crippen LogP contribution in [0.1, 0.15) is 18.2 Å². The Bertz CT molecular complexity index is 721. The van der Waals surface area contributed by atoms with Crippen LogP contribution in [-0.4, -0.2) is 27.9 Å². The number of thiazole rings is 1. The van der Waals surface area contributed by atoms with Crippen molar-refractivity contribution in [1.82, 2.24) is 9.97 Å². The first kappa shape index (κ1) is 16.5. The number of amides is 1. The lowest BCUT2D eigenvalue weighted by atomic mass is 10.2. The topological polar surface area (TPSA) is 78.7 Å². The van der Waals surface area contributed by atoms with Gasteiger partial charge in [0.2, 0.25) is 5.91 Å². The fourth-order valence-corrected chi connectivity index (χ4v) is 3.42. The number of pyridine rings is 1. The molecule has 114 valence electrons. The van der Waals surface area contributed by atoms with E-state index in [1.54, 1.807) is 24.0 Å². The summed E-state index contributed by atoms with van der Waals surface area (Å²) in [6.07, 6.45) is 5.16. The maximum absolute atomic E-state index is 12.1. The average Bonchev–Trinajstić information content (AvgIpc) is 2.88. The number of hydrogen-bond acceptors (Lipinski definition) is 6. The van der Waals surface area contributed by atoms with Gasteiger partial charge in [0.15, 0.2) is 0 Å². The highest BCUT2D eigenvalue weighted by Gasteiger charge is 2.16. The molecule has 22 heavy (non-hydrogen) atoms. The lowest BCUT2D eigenvalue weighted by Crippen LogP contribution is -2.21. The van der Waals surface area contributed by atoms with Gasteiger partial charge in [0.05, 0.1) is 11.3 Å². The van der Waals surface area contributed by atoms with Crippen LogP contribution in [0.5, 0.6) is 0 Å². The lowest BCUT2D eigenvalue weighted by Gasteiger charge is -2.09. The van der Waals surface area contributed by atoms with E-state index in [4.69, 9.17) is 5.26 Å². The number of thioether (sulfide) groups is 1. The molecule has 2 heterocycles. The van der Waals surface area contributed by atoms with Crippen LogP contribution in [0.3, 0.4) is 0 Å². The largest absolute Gasteiger partial charge is 0.316 e. The van der Waals surface area contributed by atoms with E-state index in [2.05, 4.69) is 21.4 Å². The minimum atomic E-state index is -0.0523. The summed E-state index contributed by atoms with van der Waals surface area (Å²) in [5.41, 5.74) is 2.04. The highest BCUT2D eigenvalue weighted by Crippen LogP contribution is 2.32. The molecule has 0 spiro atoms. The van der Waals surface area contributed by atoms with Crippen LogP contribution in [0.2, 0.25) is 0 Å². The minimum Gasteiger partial charge on any atom is -0.316 e. The number of nitrogens with one attached hydrogen (secondary N) is 1. The van der Waals surface area contributed by atoms with E-state index in [0.717, 1.165) is 27.0 Å². The number of nitriles is 1. The summed E-state index contributed by atoms with van der Waals surface area (Å²) in [5, 5.41) is 13.4. The molecule has 2 rings (SSSR count). The molecule has 0 saturated carbocycles. The van der Waals surface area contributed by atoms with E-state index < -0.39 is 0 Å². The number of nitrogens with zero attached hydrogens (tertiary/aromatic N) is 3. The van der Waals surface area contributed by atoms with Crippen LogP contribution in [0.15, 0.2) is 18.5 Å². The quantitative estimate of drug-likeness (QED) is 0.908. The van der Waals surface area contributed by atoms with E-state index in [1.807, 2.05) is 20.1 Å². The first-order valence-corrected chi connectivity index (χ1v) is 8.89. The summed E-state index contributed by atoms with van der Waals surface area (Å²) in [6.45, 7) is 3.76. The van der Waals surface area contributed by atoms with Crippen LogP contribution in [-0.2, 0) is 4.79 Å². The third-order valence-corrected chi connectivity index (χ3v) is 4.97. The summed E-state index contributed by atoms with van der Waals surface area (Å²) >= 11 is 3.04. The van der Waals surface area contributed by atoms with Gasteiger partial charge in [-0.15, -0.1) is 0 Å². The van der Waals surface area contributed by atoms with Crippen molar-refractivity contribution in [2.75, 3.05) is 17.3 Å². The third-order valence-electron chi connectivity index (χ3n) is 3.01. The summed E-state index contributed by atoms with van der Waals surface area (Å²) in [5.74, 6) is 0.727. The Balaban J connectivity index is 2.21. The lowest BCUT2D eigenvalue weighted by molar-refractivity contribution is -0.118. The summed E-state index contributed by atoms with van der Waals surface area (Å²) in [4.78, 5) is 20.6. The molecule has 1 amide bonds. The number of carbonyl (C=O) groups is 1.